The van der Waals surface area contributed by atoms with Crippen molar-refractivity contribution in [2.24, 2.45) is 0 Å². The van der Waals surface area contributed by atoms with Crippen molar-refractivity contribution in [3.8, 4) is 5.75 Å². The van der Waals surface area contributed by atoms with Crippen molar-refractivity contribution in [2.45, 2.75) is 45.3 Å². The van der Waals surface area contributed by atoms with Crippen LogP contribution in [0.2, 0.25) is 0 Å². The van der Waals surface area contributed by atoms with Gasteiger partial charge in [0, 0.05) is 26.4 Å². The highest BCUT2D eigenvalue weighted by atomic mass is 16.5. The van der Waals surface area contributed by atoms with Crippen LogP contribution >= 0.6 is 0 Å². The van der Waals surface area contributed by atoms with Crippen molar-refractivity contribution in [2.75, 3.05) is 19.8 Å². The topological polar surface area (TPSA) is 91.0 Å². The van der Waals surface area contributed by atoms with Crippen LogP contribution in [0.1, 0.15) is 47.1 Å². The van der Waals surface area contributed by atoms with Crippen molar-refractivity contribution in [3.63, 3.8) is 0 Å². The second-order valence-corrected chi connectivity index (χ2v) is 7.97. The quantitative estimate of drug-likeness (QED) is 0.460. The van der Waals surface area contributed by atoms with Crippen molar-refractivity contribution >= 4 is 5.97 Å². The first kappa shape index (κ1) is 23.0. The van der Waals surface area contributed by atoms with Crippen molar-refractivity contribution in [1.82, 2.24) is 4.98 Å². The van der Waals surface area contributed by atoms with Gasteiger partial charge in [0.05, 0.1) is 6.61 Å². The number of hydrogen-bond acceptors (Lipinski definition) is 6. The minimum absolute atomic E-state index is 0.284. The van der Waals surface area contributed by atoms with Gasteiger partial charge < -0.3 is 23.7 Å². The molecule has 2 aromatic carbocycles. The van der Waals surface area contributed by atoms with Gasteiger partial charge in [-0.15, -0.1) is 0 Å². The average molecular weight is 452 g/mol. The standard InChI is InChI=1S/C26H29NO6/c1-3-30-23(26(28)29)16-18-8-11-20(12-9-18)31-14-15-32-25-21-7-5-4-6-19(21)10-13-22-24(25)27-17(2)33-22/h4-9,11-12,23,25H,3,10,13-16H2,1-2H3,(H,28,29). The minimum atomic E-state index is -0.958. The maximum atomic E-state index is 11.3. The Kier molecular flexibility index (Phi) is 7.42. The molecule has 2 atom stereocenters. The Morgan fingerprint density at radius 2 is 1.94 bits per heavy atom. The number of nitrogens with zero attached hydrogens (tertiary/aromatic N) is 1. The van der Waals surface area contributed by atoms with Gasteiger partial charge in [0.25, 0.3) is 0 Å². The fourth-order valence-electron chi connectivity index (χ4n) is 4.13. The molecule has 1 N–H and O–H groups in total. The number of fused-ring (bicyclic) bond motifs is 2. The van der Waals surface area contributed by atoms with Crippen molar-refractivity contribution in [1.29, 1.82) is 0 Å². The zero-order valence-electron chi connectivity index (χ0n) is 19.0. The van der Waals surface area contributed by atoms with Crippen LogP contribution in [0.4, 0.5) is 0 Å². The summed E-state index contributed by atoms with van der Waals surface area (Å²) in [5, 5.41) is 9.24. The Balaban J connectivity index is 1.35. The Bertz CT molecular complexity index is 1070. The van der Waals surface area contributed by atoms with Crippen LogP contribution in [-0.4, -0.2) is 42.0 Å². The van der Waals surface area contributed by atoms with Crippen LogP contribution in [0.25, 0.3) is 0 Å². The molecule has 0 radical (unpaired) electrons. The number of rotatable bonds is 10. The van der Waals surface area contributed by atoms with Crippen LogP contribution in [0.3, 0.4) is 0 Å². The fourth-order valence-corrected chi connectivity index (χ4v) is 4.13. The number of benzene rings is 2. The average Bonchev–Trinajstić information content (AvgIpc) is 3.12. The molecular weight excluding hydrogens is 422 g/mol. The highest BCUT2D eigenvalue weighted by Crippen LogP contribution is 2.35. The Morgan fingerprint density at radius 3 is 2.70 bits per heavy atom. The molecular formula is C26H29NO6. The molecule has 0 saturated carbocycles. The van der Waals surface area contributed by atoms with Gasteiger partial charge in [0.2, 0.25) is 0 Å². The van der Waals surface area contributed by atoms with Gasteiger partial charge in [-0.1, -0.05) is 36.4 Å². The lowest BCUT2D eigenvalue weighted by Crippen LogP contribution is -2.26. The summed E-state index contributed by atoms with van der Waals surface area (Å²) in [5.41, 5.74) is 4.10. The van der Waals surface area contributed by atoms with E-state index in [1.807, 2.05) is 43.3 Å². The van der Waals surface area contributed by atoms with Crippen LogP contribution in [0.15, 0.2) is 52.9 Å². The van der Waals surface area contributed by atoms with Crippen molar-refractivity contribution in [3.05, 3.63) is 82.6 Å². The summed E-state index contributed by atoms with van der Waals surface area (Å²) >= 11 is 0. The molecule has 33 heavy (non-hydrogen) atoms. The van der Waals surface area contributed by atoms with Gasteiger partial charge >= 0.3 is 5.97 Å². The molecule has 0 fully saturated rings. The van der Waals surface area contributed by atoms with Crippen molar-refractivity contribution < 1.29 is 28.5 Å². The molecule has 1 heterocycles. The second kappa shape index (κ2) is 10.6. The van der Waals surface area contributed by atoms with E-state index in [9.17, 15) is 9.90 Å². The maximum Gasteiger partial charge on any atom is 0.333 e. The summed E-state index contributed by atoms with van der Waals surface area (Å²) in [5.74, 6) is 1.28. The molecule has 1 aliphatic carbocycles. The van der Waals surface area contributed by atoms with Crippen LogP contribution in [-0.2, 0) is 33.5 Å². The van der Waals surface area contributed by atoms with Gasteiger partial charge in [-0.25, -0.2) is 9.78 Å². The lowest BCUT2D eigenvalue weighted by Gasteiger charge is -2.18. The van der Waals surface area contributed by atoms with E-state index in [4.69, 9.17) is 18.6 Å². The predicted molar refractivity (Wildman–Crippen MR) is 122 cm³/mol. The van der Waals surface area contributed by atoms with E-state index in [1.54, 1.807) is 6.92 Å². The smallest absolute Gasteiger partial charge is 0.333 e. The number of carbonyl (C=O) groups is 1. The Labute approximate surface area is 193 Å². The third kappa shape index (κ3) is 5.61. The molecule has 7 nitrogen and oxygen atoms in total. The number of ether oxygens (including phenoxy) is 3. The fraction of sp³-hybridized carbons (Fsp3) is 0.385. The number of aryl methyl sites for hydroxylation is 3. The van der Waals surface area contributed by atoms with Crippen LogP contribution in [0, 0.1) is 6.92 Å². The zero-order chi connectivity index (χ0) is 23.2. The van der Waals surface area contributed by atoms with E-state index in [-0.39, 0.29) is 6.10 Å². The first-order valence-corrected chi connectivity index (χ1v) is 11.3. The molecule has 1 aromatic heterocycles. The summed E-state index contributed by atoms with van der Waals surface area (Å²) < 4.78 is 23.2. The zero-order valence-corrected chi connectivity index (χ0v) is 19.0. The Hall–Kier alpha value is -3.16. The summed E-state index contributed by atoms with van der Waals surface area (Å²) in [6, 6.07) is 15.7. The van der Waals surface area contributed by atoms with Gasteiger partial charge in [0.1, 0.15) is 29.9 Å². The molecule has 0 amide bonds. The van der Waals surface area contributed by atoms with E-state index in [0.717, 1.165) is 35.4 Å². The van der Waals surface area contributed by atoms with Gasteiger partial charge in [-0.3, -0.25) is 0 Å². The van der Waals surface area contributed by atoms with E-state index in [0.29, 0.717) is 37.9 Å². The number of hydrogen-bond donors (Lipinski definition) is 1. The normalized spacial score (nSPS) is 15.9. The summed E-state index contributed by atoms with van der Waals surface area (Å²) in [4.78, 5) is 15.9. The molecule has 4 rings (SSSR count). The monoisotopic (exact) mass is 451 g/mol. The SMILES string of the molecule is CCOC(Cc1ccc(OCCOC2c3ccccc3CCc3oc(C)nc32)cc1)C(=O)O. The molecule has 0 spiro atoms. The molecule has 1 aliphatic rings. The third-order valence-corrected chi connectivity index (χ3v) is 5.67. The van der Waals surface area contributed by atoms with E-state index >= 15 is 0 Å². The van der Waals surface area contributed by atoms with E-state index < -0.39 is 12.1 Å². The molecule has 3 aromatic rings. The molecule has 0 aliphatic heterocycles. The second-order valence-electron chi connectivity index (χ2n) is 7.97. The van der Waals surface area contributed by atoms with Gasteiger partial charge in [0.15, 0.2) is 12.0 Å². The first-order valence-electron chi connectivity index (χ1n) is 11.3. The Morgan fingerprint density at radius 1 is 1.15 bits per heavy atom. The van der Waals surface area contributed by atoms with Crippen LogP contribution < -0.4 is 4.74 Å². The number of aliphatic carboxylic acids is 1. The highest BCUT2D eigenvalue weighted by molar-refractivity contribution is 5.72. The summed E-state index contributed by atoms with van der Waals surface area (Å²) in [6.45, 7) is 4.77. The molecule has 2 unspecified atom stereocenters. The van der Waals surface area contributed by atoms with E-state index in [1.165, 1.54) is 5.56 Å². The largest absolute Gasteiger partial charge is 0.491 e. The number of carboxylic acid groups (broad SMARTS) is 1. The molecule has 0 bridgehead atoms. The number of oxazole rings is 1. The van der Waals surface area contributed by atoms with E-state index in [2.05, 4.69) is 17.1 Å². The molecule has 0 saturated heterocycles. The summed E-state index contributed by atoms with van der Waals surface area (Å²) in [6.07, 6.45) is 0.887. The first-order chi connectivity index (χ1) is 16.0. The maximum absolute atomic E-state index is 11.3. The minimum Gasteiger partial charge on any atom is -0.491 e. The van der Waals surface area contributed by atoms with Gasteiger partial charge in [-0.2, -0.15) is 0 Å². The summed E-state index contributed by atoms with van der Waals surface area (Å²) in [7, 11) is 0. The number of carboxylic acids is 1. The van der Waals surface area contributed by atoms with Crippen LogP contribution in [0.5, 0.6) is 5.75 Å². The number of aromatic nitrogens is 1. The molecule has 174 valence electrons. The third-order valence-electron chi connectivity index (χ3n) is 5.67. The van der Waals surface area contributed by atoms with Gasteiger partial charge in [-0.05, 0) is 42.2 Å². The predicted octanol–water partition coefficient (Wildman–Crippen LogP) is 4.30. The lowest BCUT2D eigenvalue weighted by atomic mass is 10.0. The highest BCUT2D eigenvalue weighted by Gasteiger charge is 2.28. The lowest BCUT2D eigenvalue weighted by molar-refractivity contribution is -0.149. The molecule has 7 heteroatoms.